The van der Waals surface area contributed by atoms with Crippen LogP contribution in [0.15, 0.2) is 18.2 Å². The van der Waals surface area contributed by atoms with Gasteiger partial charge in [0.05, 0.1) is 11.7 Å². The van der Waals surface area contributed by atoms with E-state index in [1.165, 1.54) is 6.07 Å². The number of hydrogen-bond donors (Lipinski definition) is 1. The molecule has 0 aromatic heterocycles. The maximum absolute atomic E-state index is 12.8. The number of halogens is 3. The smallest absolute Gasteiger partial charge is 0.393 e. The monoisotopic (exact) mass is 273 g/mol. The van der Waals surface area contributed by atoms with E-state index in [1.807, 2.05) is 11.8 Å². The number of benzene rings is 1. The SMILES string of the molecule is CCc1ccc(C(F)(F)F)cc1N1CCC(O)CC1. The molecule has 2 nitrogen and oxygen atoms in total. The van der Waals surface area contributed by atoms with Crippen LogP contribution in [0.1, 0.15) is 30.9 Å². The molecule has 0 saturated carbocycles. The van der Waals surface area contributed by atoms with E-state index in [2.05, 4.69) is 0 Å². The number of nitrogens with zero attached hydrogens (tertiary/aromatic N) is 1. The lowest BCUT2D eigenvalue weighted by molar-refractivity contribution is -0.137. The summed E-state index contributed by atoms with van der Waals surface area (Å²) in [7, 11) is 0. The van der Waals surface area contributed by atoms with Crippen LogP contribution in [0, 0.1) is 0 Å². The van der Waals surface area contributed by atoms with Crippen LogP contribution in [-0.2, 0) is 12.6 Å². The first kappa shape index (κ1) is 14.2. The molecule has 106 valence electrons. The molecule has 1 aliphatic rings. The summed E-state index contributed by atoms with van der Waals surface area (Å²) >= 11 is 0. The highest BCUT2D eigenvalue weighted by Gasteiger charge is 2.31. The Morgan fingerprint density at radius 1 is 1.26 bits per heavy atom. The Hall–Kier alpha value is -1.23. The van der Waals surface area contributed by atoms with Gasteiger partial charge >= 0.3 is 6.18 Å². The topological polar surface area (TPSA) is 23.5 Å². The minimum Gasteiger partial charge on any atom is -0.393 e. The number of alkyl halides is 3. The summed E-state index contributed by atoms with van der Waals surface area (Å²) in [5.74, 6) is 0. The van der Waals surface area contributed by atoms with E-state index in [4.69, 9.17) is 0 Å². The zero-order chi connectivity index (χ0) is 14.0. The summed E-state index contributed by atoms with van der Waals surface area (Å²) in [5, 5.41) is 9.48. The van der Waals surface area contributed by atoms with Crippen molar-refractivity contribution in [2.75, 3.05) is 18.0 Å². The highest BCUT2D eigenvalue weighted by atomic mass is 19.4. The van der Waals surface area contributed by atoms with Gasteiger partial charge in [-0.2, -0.15) is 13.2 Å². The molecule has 1 heterocycles. The fourth-order valence-corrected chi connectivity index (χ4v) is 2.44. The summed E-state index contributed by atoms with van der Waals surface area (Å²) < 4.78 is 38.3. The van der Waals surface area contributed by atoms with Gasteiger partial charge in [0.2, 0.25) is 0 Å². The van der Waals surface area contributed by atoms with Gasteiger partial charge in [-0.3, -0.25) is 0 Å². The minimum absolute atomic E-state index is 0.327. The largest absolute Gasteiger partial charge is 0.416 e. The Bertz CT molecular complexity index is 437. The third-order valence-corrected chi connectivity index (χ3v) is 3.60. The molecular formula is C14H18F3NO. The number of aliphatic hydroxyl groups is 1. The molecule has 1 saturated heterocycles. The van der Waals surface area contributed by atoms with Gasteiger partial charge in [-0.15, -0.1) is 0 Å². The lowest BCUT2D eigenvalue weighted by Gasteiger charge is -2.33. The first-order valence-electron chi connectivity index (χ1n) is 6.55. The number of anilines is 1. The molecule has 1 fully saturated rings. The van der Waals surface area contributed by atoms with Crippen molar-refractivity contribution in [3.05, 3.63) is 29.3 Å². The summed E-state index contributed by atoms with van der Waals surface area (Å²) in [5.41, 5.74) is 0.972. The van der Waals surface area contributed by atoms with Crippen molar-refractivity contribution in [2.45, 2.75) is 38.5 Å². The Morgan fingerprint density at radius 3 is 2.42 bits per heavy atom. The van der Waals surface area contributed by atoms with Crippen molar-refractivity contribution < 1.29 is 18.3 Å². The summed E-state index contributed by atoms with van der Waals surface area (Å²) in [6, 6.07) is 3.93. The zero-order valence-corrected chi connectivity index (χ0v) is 10.9. The van der Waals surface area contributed by atoms with E-state index in [0.717, 1.165) is 11.6 Å². The molecule has 0 amide bonds. The molecule has 5 heteroatoms. The van der Waals surface area contributed by atoms with E-state index < -0.39 is 11.7 Å². The van der Waals surface area contributed by atoms with E-state index in [9.17, 15) is 18.3 Å². The standard InChI is InChI=1S/C14H18F3NO/c1-2-10-3-4-11(14(15,16)17)9-13(10)18-7-5-12(19)6-8-18/h3-4,9,12,19H,2,5-8H2,1H3. The molecule has 1 aliphatic heterocycles. The van der Waals surface area contributed by atoms with Gasteiger partial charge in [0.15, 0.2) is 0 Å². The molecular weight excluding hydrogens is 255 g/mol. The molecule has 0 unspecified atom stereocenters. The first-order chi connectivity index (χ1) is 8.91. The summed E-state index contributed by atoms with van der Waals surface area (Å²) in [6.45, 7) is 3.15. The van der Waals surface area contributed by atoms with Crippen molar-refractivity contribution in [2.24, 2.45) is 0 Å². The molecule has 1 aromatic carbocycles. The highest BCUT2D eigenvalue weighted by molar-refractivity contribution is 5.56. The maximum atomic E-state index is 12.8. The normalized spacial score (nSPS) is 17.8. The van der Waals surface area contributed by atoms with Crippen LogP contribution >= 0.6 is 0 Å². The fourth-order valence-electron chi connectivity index (χ4n) is 2.44. The summed E-state index contributed by atoms with van der Waals surface area (Å²) in [6.07, 6.45) is -2.71. The summed E-state index contributed by atoms with van der Waals surface area (Å²) in [4.78, 5) is 1.95. The van der Waals surface area contributed by atoms with Gasteiger partial charge in [0, 0.05) is 18.8 Å². The molecule has 0 spiro atoms. The molecule has 0 radical (unpaired) electrons. The van der Waals surface area contributed by atoms with Crippen molar-refractivity contribution >= 4 is 5.69 Å². The maximum Gasteiger partial charge on any atom is 0.416 e. The molecule has 0 aliphatic carbocycles. The van der Waals surface area contributed by atoms with Gasteiger partial charge in [0.1, 0.15) is 0 Å². The van der Waals surface area contributed by atoms with Crippen molar-refractivity contribution in [1.82, 2.24) is 0 Å². The number of rotatable bonds is 2. The van der Waals surface area contributed by atoms with Gasteiger partial charge < -0.3 is 10.0 Å². The van der Waals surface area contributed by atoms with Crippen LogP contribution in [0.4, 0.5) is 18.9 Å². The van der Waals surface area contributed by atoms with Crippen LogP contribution < -0.4 is 4.90 Å². The molecule has 2 rings (SSSR count). The predicted octanol–water partition coefficient (Wildman–Crippen LogP) is 3.23. The average Bonchev–Trinajstić information content (AvgIpc) is 2.38. The Balaban J connectivity index is 2.31. The molecule has 0 atom stereocenters. The van der Waals surface area contributed by atoms with Crippen molar-refractivity contribution in [1.29, 1.82) is 0 Å². The average molecular weight is 273 g/mol. The van der Waals surface area contributed by atoms with Crippen LogP contribution in [0.2, 0.25) is 0 Å². The second-order valence-corrected chi connectivity index (χ2v) is 4.91. The minimum atomic E-state index is -4.31. The van der Waals surface area contributed by atoms with Gasteiger partial charge in [-0.25, -0.2) is 0 Å². The van der Waals surface area contributed by atoms with Crippen LogP contribution in [0.3, 0.4) is 0 Å². The number of hydrogen-bond acceptors (Lipinski definition) is 2. The second-order valence-electron chi connectivity index (χ2n) is 4.91. The predicted molar refractivity (Wildman–Crippen MR) is 68.3 cm³/mol. The van der Waals surface area contributed by atoms with Gasteiger partial charge in [0.25, 0.3) is 0 Å². The molecule has 19 heavy (non-hydrogen) atoms. The van der Waals surface area contributed by atoms with E-state index in [0.29, 0.717) is 38.0 Å². The lowest BCUT2D eigenvalue weighted by Crippen LogP contribution is -2.36. The van der Waals surface area contributed by atoms with Crippen LogP contribution in [0.5, 0.6) is 0 Å². The molecule has 0 bridgehead atoms. The Kier molecular flexibility index (Phi) is 4.04. The number of piperidine rings is 1. The molecule has 1 aromatic rings. The quantitative estimate of drug-likeness (QED) is 0.894. The third kappa shape index (κ3) is 3.21. The first-order valence-corrected chi connectivity index (χ1v) is 6.55. The number of aryl methyl sites for hydroxylation is 1. The number of aliphatic hydroxyl groups excluding tert-OH is 1. The van der Waals surface area contributed by atoms with Crippen molar-refractivity contribution in [3.63, 3.8) is 0 Å². The van der Waals surface area contributed by atoms with E-state index in [1.54, 1.807) is 6.07 Å². The highest BCUT2D eigenvalue weighted by Crippen LogP contribution is 2.34. The Morgan fingerprint density at radius 2 is 1.89 bits per heavy atom. The second kappa shape index (κ2) is 5.41. The third-order valence-electron chi connectivity index (χ3n) is 3.60. The van der Waals surface area contributed by atoms with E-state index in [-0.39, 0.29) is 6.10 Å². The van der Waals surface area contributed by atoms with E-state index >= 15 is 0 Å². The fraction of sp³-hybridized carbons (Fsp3) is 0.571. The van der Waals surface area contributed by atoms with Crippen LogP contribution in [0.25, 0.3) is 0 Å². The van der Waals surface area contributed by atoms with Gasteiger partial charge in [-0.1, -0.05) is 13.0 Å². The van der Waals surface area contributed by atoms with Crippen LogP contribution in [-0.4, -0.2) is 24.3 Å². The zero-order valence-electron chi connectivity index (χ0n) is 10.9. The lowest BCUT2D eigenvalue weighted by atomic mass is 10.0. The van der Waals surface area contributed by atoms with Crippen molar-refractivity contribution in [3.8, 4) is 0 Å². The molecule has 1 N–H and O–H groups in total. The van der Waals surface area contributed by atoms with Gasteiger partial charge in [-0.05, 0) is 37.0 Å². The Labute approximate surface area is 110 Å².